The minimum atomic E-state index is -1.55. The van der Waals surface area contributed by atoms with Crippen molar-refractivity contribution >= 4 is 5.97 Å². The van der Waals surface area contributed by atoms with Gasteiger partial charge in [0, 0.05) is 11.5 Å². The fourth-order valence-electron chi connectivity index (χ4n) is 5.25. The fourth-order valence-corrected chi connectivity index (χ4v) is 5.25. The lowest BCUT2D eigenvalue weighted by atomic mass is 9.81. The zero-order valence-electron chi connectivity index (χ0n) is 16.5. The summed E-state index contributed by atoms with van der Waals surface area (Å²) in [4.78, 5) is 12.1. The second kappa shape index (κ2) is 7.83. The van der Waals surface area contributed by atoms with E-state index in [1.165, 1.54) is 0 Å². The van der Waals surface area contributed by atoms with Crippen LogP contribution in [0.1, 0.15) is 12.8 Å². The zero-order chi connectivity index (χ0) is 21.9. The minimum absolute atomic E-state index is 0.171. The predicted molar refractivity (Wildman–Crippen MR) is 102 cm³/mol. The summed E-state index contributed by atoms with van der Waals surface area (Å²) in [7, 11) is 0. The minimum Gasteiger partial charge on any atom is -0.458 e. The van der Waals surface area contributed by atoms with E-state index < -0.39 is 67.5 Å². The van der Waals surface area contributed by atoms with Crippen LogP contribution in [0.25, 0.3) is 0 Å². The standard InChI is InChI=1S/C21H28O9/c1-7-4-11(23)15-9(3)20(27)30-19(15)14-8(2)12(5-10(7)14)28-21-18(26)17(25)16(24)13(6-22)29-21/h10-19,21-26H,1-6H2/t10-,11-,12-,13+,14-,15+,16+,17-,18+,19+,21+/m0/s1. The topological polar surface area (TPSA) is 146 Å². The molecule has 2 heterocycles. The number of carbonyl (C=O) groups excluding carboxylic acids is 1. The Kier molecular flexibility index (Phi) is 5.65. The number of fused-ring (bicyclic) bond motifs is 3. The molecule has 0 radical (unpaired) electrons. The van der Waals surface area contributed by atoms with Crippen molar-refractivity contribution in [1.82, 2.24) is 0 Å². The Morgan fingerprint density at radius 1 is 1.03 bits per heavy atom. The molecule has 166 valence electrons. The molecular formula is C21H28O9. The van der Waals surface area contributed by atoms with E-state index in [4.69, 9.17) is 14.2 Å². The van der Waals surface area contributed by atoms with Crippen molar-refractivity contribution in [1.29, 1.82) is 0 Å². The summed E-state index contributed by atoms with van der Waals surface area (Å²) in [6, 6.07) is 0. The largest absolute Gasteiger partial charge is 0.458 e. The van der Waals surface area contributed by atoms with E-state index in [0.29, 0.717) is 12.0 Å². The molecule has 2 saturated heterocycles. The molecule has 4 aliphatic rings. The molecule has 0 aromatic carbocycles. The quantitative estimate of drug-likeness (QED) is 0.214. The van der Waals surface area contributed by atoms with Gasteiger partial charge < -0.3 is 39.7 Å². The van der Waals surface area contributed by atoms with Crippen molar-refractivity contribution in [2.75, 3.05) is 6.61 Å². The Hall–Kier alpha value is -1.59. The lowest BCUT2D eigenvalue weighted by Crippen LogP contribution is -2.59. The van der Waals surface area contributed by atoms with Gasteiger partial charge in [0.2, 0.25) is 0 Å². The van der Waals surface area contributed by atoms with E-state index in [-0.39, 0.29) is 23.8 Å². The van der Waals surface area contributed by atoms with Crippen molar-refractivity contribution in [2.45, 2.75) is 61.9 Å². The molecule has 0 spiro atoms. The van der Waals surface area contributed by atoms with Gasteiger partial charge in [-0.25, -0.2) is 4.79 Å². The summed E-state index contributed by atoms with van der Waals surface area (Å²) in [6.07, 6.45) is -8.30. The maximum atomic E-state index is 12.1. The second-order valence-corrected chi connectivity index (χ2v) is 8.62. The second-order valence-electron chi connectivity index (χ2n) is 8.62. The highest BCUT2D eigenvalue weighted by molar-refractivity contribution is 5.91. The number of ether oxygens (including phenoxy) is 3. The third-order valence-corrected chi connectivity index (χ3v) is 6.92. The van der Waals surface area contributed by atoms with Crippen LogP contribution in [-0.2, 0) is 19.0 Å². The van der Waals surface area contributed by atoms with Gasteiger partial charge in [0.05, 0.1) is 24.7 Å². The number of hydrogen-bond donors (Lipinski definition) is 5. The Labute approximate surface area is 173 Å². The van der Waals surface area contributed by atoms with Crippen LogP contribution in [0, 0.1) is 17.8 Å². The summed E-state index contributed by atoms with van der Waals surface area (Å²) in [5.74, 6) is -1.62. The maximum Gasteiger partial charge on any atom is 0.334 e. The lowest BCUT2D eigenvalue weighted by molar-refractivity contribution is -0.308. The zero-order valence-corrected chi connectivity index (χ0v) is 16.5. The van der Waals surface area contributed by atoms with Gasteiger partial charge in [0.1, 0.15) is 30.5 Å². The molecule has 30 heavy (non-hydrogen) atoms. The fraction of sp³-hybridized carbons (Fsp3) is 0.667. The first-order valence-electron chi connectivity index (χ1n) is 10.1. The first-order chi connectivity index (χ1) is 14.1. The Morgan fingerprint density at radius 2 is 1.73 bits per heavy atom. The first-order valence-corrected chi connectivity index (χ1v) is 10.1. The van der Waals surface area contributed by atoms with Crippen molar-refractivity contribution < 1.29 is 44.5 Å². The molecule has 0 aromatic rings. The van der Waals surface area contributed by atoms with Gasteiger partial charge in [-0.1, -0.05) is 25.3 Å². The van der Waals surface area contributed by atoms with Gasteiger partial charge >= 0.3 is 5.97 Å². The van der Waals surface area contributed by atoms with E-state index in [1.54, 1.807) is 0 Å². The SMILES string of the molecule is C=C1C(=O)O[C@@H]2[C@H]3C(=C)[C@@H](O[C@@H]4O[C@H](CO)[C@@H](O)[C@H](O)[C@H]4O)C[C@H]3C(=C)C[C@H](O)[C@@H]12. The molecule has 0 unspecified atom stereocenters. The van der Waals surface area contributed by atoms with Crippen molar-refractivity contribution in [3.8, 4) is 0 Å². The summed E-state index contributed by atoms with van der Waals surface area (Å²) < 4.78 is 16.9. The Morgan fingerprint density at radius 3 is 2.40 bits per heavy atom. The smallest absolute Gasteiger partial charge is 0.334 e. The predicted octanol–water partition coefficient (Wildman–Crippen LogP) is -1.22. The van der Waals surface area contributed by atoms with Crippen LogP contribution >= 0.6 is 0 Å². The highest BCUT2D eigenvalue weighted by Gasteiger charge is 2.56. The molecule has 4 rings (SSSR count). The van der Waals surface area contributed by atoms with E-state index in [9.17, 15) is 30.3 Å². The number of carbonyl (C=O) groups is 1. The average molecular weight is 424 g/mol. The third kappa shape index (κ3) is 3.25. The Bertz CT molecular complexity index is 762. The molecule has 9 heteroatoms. The molecular weight excluding hydrogens is 396 g/mol. The van der Waals surface area contributed by atoms with Crippen LogP contribution in [0.15, 0.2) is 36.5 Å². The normalized spacial score (nSPS) is 48.9. The molecule has 0 aromatic heterocycles. The van der Waals surface area contributed by atoms with E-state index >= 15 is 0 Å². The van der Waals surface area contributed by atoms with Crippen LogP contribution in [0.2, 0.25) is 0 Å². The molecule has 9 nitrogen and oxygen atoms in total. The molecule has 11 atom stereocenters. The average Bonchev–Trinajstić information content (AvgIpc) is 3.15. The highest BCUT2D eigenvalue weighted by atomic mass is 16.7. The number of hydrogen-bond acceptors (Lipinski definition) is 9. The van der Waals surface area contributed by atoms with Crippen LogP contribution in [-0.4, -0.2) is 87.1 Å². The van der Waals surface area contributed by atoms with Gasteiger partial charge in [0.15, 0.2) is 6.29 Å². The van der Waals surface area contributed by atoms with Gasteiger partial charge in [0.25, 0.3) is 0 Å². The van der Waals surface area contributed by atoms with Crippen molar-refractivity contribution in [2.24, 2.45) is 17.8 Å². The van der Waals surface area contributed by atoms with Crippen molar-refractivity contribution in [3.05, 3.63) is 36.5 Å². The van der Waals surface area contributed by atoms with Crippen molar-refractivity contribution in [3.63, 3.8) is 0 Å². The first kappa shape index (κ1) is 21.6. The van der Waals surface area contributed by atoms with Gasteiger partial charge in [-0.15, -0.1) is 0 Å². The van der Waals surface area contributed by atoms with Crippen LogP contribution in [0.3, 0.4) is 0 Å². The van der Waals surface area contributed by atoms with Crippen LogP contribution < -0.4 is 0 Å². The maximum absolute atomic E-state index is 12.1. The molecule has 2 saturated carbocycles. The molecule has 2 aliphatic carbocycles. The molecule has 2 aliphatic heterocycles. The number of aliphatic hydroxyl groups excluding tert-OH is 5. The summed E-state index contributed by atoms with van der Waals surface area (Å²) in [5.41, 5.74) is 1.61. The van der Waals surface area contributed by atoms with Gasteiger partial charge in [-0.3, -0.25) is 0 Å². The van der Waals surface area contributed by atoms with E-state index in [0.717, 1.165) is 5.57 Å². The molecule has 0 amide bonds. The molecule has 0 bridgehead atoms. The number of aliphatic hydroxyl groups is 5. The summed E-state index contributed by atoms with van der Waals surface area (Å²) in [5, 5.41) is 50.2. The summed E-state index contributed by atoms with van der Waals surface area (Å²) in [6.45, 7) is 11.5. The lowest BCUT2D eigenvalue weighted by Gasteiger charge is -2.40. The molecule has 4 fully saturated rings. The number of rotatable bonds is 3. The van der Waals surface area contributed by atoms with E-state index in [2.05, 4.69) is 19.7 Å². The number of esters is 1. The Balaban J connectivity index is 1.56. The third-order valence-electron chi connectivity index (χ3n) is 6.92. The van der Waals surface area contributed by atoms with Gasteiger partial charge in [-0.2, -0.15) is 0 Å². The van der Waals surface area contributed by atoms with Crippen LogP contribution in [0.5, 0.6) is 0 Å². The highest BCUT2D eigenvalue weighted by Crippen LogP contribution is 2.53. The van der Waals surface area contributed by atoms with E-state index in [1.807, 2.05) is 0 Å². The summed E-state index contributed by atoms with van der Waals surface area (Å²) >= 11 is 0. The van der Waals surface area contributed by atoms with Gasteiger partial charge in [-0.05, 0) is 24.3 Å². The monoisotopic (exact) mass is 424 g/mol. The van der Waals surface area contributed by atoms with Crippen LogP contribution in [0.4, 0.5) is 0 Å². The molecule has 5 N–H and O–H groups in total.